The first kappa shape index (κ1) is 27.3. The summed E-state index contributed by atoms with van der Waals surface area (Å²) in [5.41, 5.74) is -0.582. The van der Waals surface area contributed by atoms with Gasteiger partial charge in [0.05, 0.1) is 46.6 Å². The van der Waals surface area contributed by atoms with Crippen LogP contribution in [0.3, 0.4) is 0 Å². The highest BCUT2D eigenvalue weighted by Crippen LogP contribution is 2.30. The summed E-state index contributed by atoms with van der Waals surface area (Å²) in [6, 6.07) is 9.77. The zero-order chi connectivity index (χ0) is 28.0. The number of nitriles is 1. The van der Waals surface area contributed by atoms with Gasteiger partial charge in [-0.05, 0) is 37.3 Å². The number of anilines is 1. The first-order valence-electron chi connectivity index (χ1n) is 11.7. The monoisotopic (exact) mass is 539 g/mol. The molecule has 10 nitrogen and oxygen atoms in total. The first-order valence-corrected chi connectivity index (χ1v) is 11.7. The zero-order valence-corrected chi connectivity index (χ0v) is 20.6. The Morgan fingerprint density at radius 2 is 2.00 bits per heavy atom. The van der Waals surface area contributed by atoms with Crippen molar-refractivity contribution >= 4 is 17.1 Å². The molecule has 39 heavy (non-hydrogen) atoms. The first-order chi connectivity index (χ1) is 18.7. The maximum atomic E-state index is 16.2. The molecule has 4 heterocycles. The number of fused-ring (bicyclic) bond motifs is 1. The molecule has 0 fully saturated rings. The van der Waals surface area contributed by atoms with Crippen LogP contribution in [-0.2, 0) is 0 Å². The van der Waals surface area contributed by atoms with Crippen molar-refractivity contribution in [3.8, 4) is 11.8 Å². The van der Waals surface area contributed by atoms with Gasteiger partial charge >= 0.3 is 0 Å². The molecule has 0 aliphatic carbocycles. The van der Waals surface area contributed by atoms with E-state index in [0.29, 0.717) is 16.8 Å². The van der Waals surface area contributed by atoms with Crippen LogP contribution < -0.4 is 15.4 Å². The fourth-order valence-corrected chi connectivity index (χ4v) is 3.83. The minimum absolute atomic E-state index is 0.0702. The van der Waals surface area contributed by atoms with Crippen LogP contribution in [0.25, 0.3) is 5.52 Å². The maximum absolute atomic E-state index is 16.2. The molecule has 0 aliphatic heterocycles. The van der Waals surface area contributed by atoms with Gasteiger partial charge < -0.3 is 20.5 Å². The van der Waals surface area contributed by atoms with Crippen LogP contribution in [0.4, 0.5) is 18.9 Å². The number of nitrogens with one attached hydrogen (secondary N) is 2. The van der Waals surface area contributed by atoms with Gasteiger partial charge in [0.1, 0.15) is 30.1 Å². The van der Waals surface area contributed by atoms with Gasteiger partial charge in [0, 0.05) is 25.0 Å². The highest BCUT2D eigenvalue weighted by Gasteiger charge is 2.41. The van der Waals surface area contributed by atoms with Gasteiger partial charge in [-0.15, -0.1) is 0 Å². The number of aliphatic hydroxyl groups is 1. The van der Waals surface area contributed by atoms with Gasteiger partial charge in [-0.25, -0.2) is 17.7 Å². The largest absolute Gasteiger partial charge is 0.486 e. The van der Waals surface area contributed by atoms with Crippen LogP contribution in [0.15, 0.2) is 67.4 Å². The molecule has 0 saturated carbocycles. The molecular weight excluding hydrogens is 515 g/mol. The van der Waals surface area contributed by atoms with E-state index in [0.717, 1.165) is 0 Å². The number of carbonyl (C=O) groups is 1. The molecule has 0 aromatic carbocycles. The van der Waals surface area contributed by atoms with E-state index in [1.807, 2.05) is 6.07 Å². The number of amides is 1. The lowest BCUT2D eigenvalue weighted by molar-refractivity contribution is -0.0253. The molecule has 4 aromatic heterocycles. The van der Waals surface area contributed by atoms with Gasteiger partial charge in [0.25, 0.3) is 12.3 Å². The van der Waals surface area contributed by atoms with Crippen LogP contribution in [0.5, 0.6) is 5.75 Å². The zero-order valence-electron chi connectivity index (χ0n) is 20.6. The summed E-state index contributed by atoms with van der Waals surface area (Å²) >= 11 is 0. The molecule has 1 amide bonds. The summed E-state index contributed by atoms with van der Waals surface area (Å²) in [4.78, 5) is 20.8. The van der Waals surface area contributed by atoms with Crippen LogP contribution >= 0.6 is 0 Å². The fourth-order valence-electron chi connectivity index (χ4n) is 3.83. The molecule has 13 heteroatoms. The molecular formula is C26H24F3N7O3. The summed E-state index contributed by atoms with van der Waals surface area (Å²) in [7, 11) is 0. The number of rotatable bonds is 11. The van der Waals surface area contributed by atoms with Crippen molar-refractivity contribution in [2.45, 2.75) is 31.2 Å². The Hall–Kier alpha value is -4.70. The van der Waals surface area contributed by atoms with Gasteiger partial charge in [-0.3, -0.25) is 14.8 Å². The van der Waals surface area contributed by atoms with E-state index in [2.05, 4.69) is 25.7 Å². The quantitative estimate of drug-likeness (QED) is 0.264. The lowest BCUT2D eigenvalue weighted by Gasteiger charge is -2.33. The van der Waals surface area contributed by atoms with Crippen molar-refractivity contribution in [3.05, 3.63) is 84.2 Å². The lowest BCUT2D eigenvalue weighted by atomic mass is 9.92. The number of halogens is 3. The number of pyridine rings is 2. The Kier molecular flexibility index (Phi) is 8.26. The Balaban J connectivity index is 1.59. The molecule has 0 saturated heterocycles. The predicted octanol–water partition coefficient (Wildman–Crippen LogP) is 3.31. The van der Waals surface area contributed by atoms with Crippen molar-refractivity contribution in [3.63, 3.8) is 0 Å². The summed E-state index contributed by atoms with van der Waals surface area (Å²) < 4.78 is 47.4. The predicted molar refractivity (Wildman–Crippen MR) is 134 cm³/mol. The Morgan fingerprint density at radius 1 is 1.18 bits per heavy atom. The third kappa shape index (κ3) is 6.60. The molecule has 0 aliphatic rings. The molecule has 4 rings (SSSR count). The fraction of sp³-hybridized carbons (Fsp3) is 0.269. The van der Waals surface area contributed by atoms with Gasteiger partial charge in [-0.2, -0.15) is 10.4 Å². The van der Waals surface area contributed by atoms with Gasteiger partial charge in [-0.1, -0.05) is 0 Å². The molecule has 0 radical (unpaired) electrons. The van der Waals surface area contributed by atoms with E-state index in [9.17, 15) is 18.7 Å². The number of alkyl halides is 3. The normalized spacial score (nSPS) is 14.3. The highest BCUT2D eigenvalue weighted by molar-refractivity contribution is 5.94. The van der Waals surface area contributed by atoms with Gasteiger partial charge in [0.15, 0.2) is 6.17 Å². The summed E-state index contributed by atoms with van der Waals surface area (Å²) in [6.45, 7) is 0.0844. The minimum Gasteiger partial charge on any atom is -0.486 e. The Morgan fingerprint density at radius 3 is 2.72 bits per heavy atom. The smallest absolute Gasteiger partial charge is 0.272 e. The minimum atomic E-state index is -2.67. The number of hydrogen-bond acceptors (Lipinski definition) is 8. The second kappa shape index (κ2) is 11.8. The van der Waals surface area contributed by atoms with Crippen LogP contribution in [0.2, 0.25) is 0 Å². The second-order valence-electron chi connectivity index (χ2n) is 8.87. The van der Waals surface area contributed by atoms with Crippen LogP contribution in [0.1, 0.15) is 34.6 Å². The van der Waals surface area contributed by atoms with Crippen LogP contribution in [0, 0.1) is 11.3 Å². The Labute approximate surface area is 221 Å². The number of nitrogens with zero attached hydrogens (tertiary/aromatic N) is 5. The second-order valence-corrected chi connectivity index (χ2v) is 8.87. The lowest BCUT2D eigenvalue weighted by Crippen LogP contribution is -2.50. The molecule has 3 atom stereocenters. The van der Waals surface area contributed by atoms with Crippen molar-refractivity contribution in [2.24, 2.45) is 0 Å². The van der Waals surface area contributed by atoms with Gasteiger partial charge in [0.2, 0.25) is 0 Å². The maximum Gasteiger partial charge on any atom is 0.272 e. The average molecular weight is 540 g/mol. The number of aromatic nitrogens is 4. The molecule has 0 spiro atoms. The van der Waals surface area contributed by atoms with E-state index >= 15 is 4.39 Å². The van der Waals surface area contributed by atoms with Crippen molar-refractivity contribution in [1.82, 2.24) is 24.9 Å². The van der Waals surface area contributed by atoms with E-state index in [4.69, 9.17) is 10.00 Å². The van der Waals surface area contributed by atoms with E-state index in [-0.39, 0.29) is 23.6 Å². The third-order valence-corrected chi connectivity index (χ3v) is 5.81. The number of hydrogen-bond donors (Lipinski definition) is 3. The SMILES string of the molecule is C[C@@](O)(CNc1cncc(OCC(F)F)c1)[C@H](F)[C@H](NC(=O)c1cccnc1)c1ccc2cc(C#N)cnn12. The molecule has 0 bridgehead atoms. The van der Waals surface area contributed by atoms with E-state index in [1.165, 1.54) is 54.6 Å². The summed E-state index contributed by atoms with van der Waals surface area (Å²) in [5.74, 6) is -0.558. The standard InChI is InChI=1S/C26H24F3N7O3/c1-26(38,15-33-18-8-20(13-32-12-18)39-14-22(27)28)24(29)23(35-25(37)17-3-2-6-31-11-17)21-5-4-19-7-16(9-30)10-34-36(19)21/h2-8,10-13,22-24,33,38H,14-15H2,1H3,(H,35,37)/t23-,24-,26-/m1/s1. The third-order valence-electron chi connectivity index (χ3n) is 5.81. The topological polar surface area (TPSA) is 137 Å². The van der Waals surface area contributed by atoms with Crippen LogP contribution in [-0.4, -0.2) is 61.9 Å². The van der Waals surface area contributed by atoms with Crippen molar-refractivity contribution < 1.29 is 27.8 Å². The number of carbonyl (C=O) groups excluding carboxylic acids is 1. The van der Waals surface area contributed by atoms with Crippen molar-refractivity contribution in [2.75, 3.05) is 18.5 Å². The highest BCUT2D eigenvalue weighted by atomic mass is 19.3. The van der Waals surface area contributed by atoms with E-state index in [1.54, 1.807) is 24.3 Å². The summed E-state index contributed by atoms with van der Waals surface area (Å²) in [6.07, 6.45) is 1.98. The average Bonchev–Trinajstić information content (AvgIpc) is 3.37. The summed E-state index contributed by atoms with van der Waals surface area (Å²) in [5, 5.41) is 30.0. The Bertz CT molecular complexity index is 1470. The molecule has 202 valence electrons. The molecule has 3 N–H and O–H groups in total. The van der Waals surface area contributed by atoms with E-state index < -0.39 is 36.8 Å². The number of ether oxygens (including phenoxy) is 1. The molecule has 0 unspecified atom stereocenters. The van der Waals surface area contributed by atoms with Crippen molar-refractivity contribution in [1.29, 1.82) is 5.26 Å². The molecule has 4 aromatic rings.